The van der Waals surface area contributed by atoms with Crippen LogP contribution in [0.4, 0.5) is 0 Å². The Bertz CT molecular complexity index is 468. The summed E-state index contributed by atoms with van der Waals surface area (Å²) in [4.78, 5) is 12.0. The van der Waals surface area contributed by atoms with Crippen LogP contribution in [0.1, 0.15) is 25.3 Å². The maximum absolute atomic E-state index is 12.2. The molecule has 0 radical (unpaired) electrons. The fraction of sp³-hybridized carbons (Fsp3) is 0.562. The Kier molecular flexibility index (Phi) is 6.39. The van der Waals surface area contributed by atoms with E-state index in [0.29, 0.717) is 19.0 Å². The number of benzene rings is 1. The van der Waals surface area contributed by atoms with Crippen LogP contribution >= 0.6 is 0 Å². The second kappa shape index (κ2) is 8.29. The second-order valence-corrected chi connectivity index (χ2v) is 7.11. The van der Waals surface area contributed by atoms with Crippen LogP contribution in [0, 0.1) is 5.92 Å². The molecule has 2 atom stereocenters. The molecular weight excluding hydrogens is 288 g/mol. The van der Waals surface area contributed by atoms with E-state index in [9.17, 15) is 9.00 Å². The highest BCUT2D eigenvalue weighted by atomic mass is 32.2. The molecule has 116 valence electrons. The normalized spacial score (nSPS) is 18.9. The van der Waals surface area contributed by atoms with Gasteiger partial charge in [0.2, 0.25) is 0 Å². The van der Waals surface area contributed by atoms with Crippen LogP contribution in [-0.2, 0) is 31.7 Å². The Morgan fingerprint density at radius 1 is 1.33 bits per heavy atom. The molecule has 1 saturated heterocycles. The van der Waals surface area contributed by atoms with Gasteiger partial charge in [0.15, 0.2) is 0 Å². The Morgan fingerprint density at radius 3 is 2.67 bits per heavy atom. The fourth-order valence-electron chi connectivity index (χ4n) is 2.26. The van der Waals surface area contributed by atoms with Gasteiger partial charge in [-0.25, -0.2) is 0 Å². The van der Waals surface area contributed by atoms with E-state index in [1.54, 1.807) is 6.92 Å². The van der Waals surface area contributed by atoms with Gasteiger partial charge in [0.25, 0.3) is 0 Å². The molecule has 0 saturated carbocycles. The number of esters is 1. The van der Waals surface area contributed by atoms with Crippen LogP contribution in [0.15, 0.2) is 30.3 Å². The van der Waals surface area contributed by atoms with Gasteiger partial charge in [-0.15, -0.1) is 0 Å². The highest BCUT2D eigenvalue weighted by Crippen LogP contribution is 2.16. The molecule has 0 bridgehead atoms. The number of carbonyl (C=O) groups is 1. The van der Waals surface area contributed by atoms with E-state index in [1.165, 1.54) is 0 Å². The summed E-state index contributed by atoms with van der Waals surface area (Å²) in [6.45, 7) is 3.39. The summed E-state index contributed by atoms with van der Waals surface area (Å²) in [5.41, 5.74) is 0.962. The third kappa shape index (κ3) is 5.25. The van der Waals surface area contributed by atoms with Crippen molar-refractivity contribution in [1.82, 2.24) is 0 Å². The Balaban J connectivity index is 1.75. The zero-order chi connectivity index (χ0) is 15.1. The standard InChI is InChI=1S/C16H22O4S/c1-13(12-21(18)15-7-9-19-10-8-15)16(17)20-11-14-5-3-2-4-6-14/h2-6,13,15H,7-12H2,1H3. The van der Waals surface area contributed by atoms with Gasteiger partial charge in [0, 0.05) is 35.0 Å². The van der Waals surface area contributed by atoms with Gasteiger partial charge in [0.05, 0.1) is 5.92 Å². The first-order valence-electron chi connectivity index (χ1n) is 7.32. The number of carbonyl (C=O) groups excluding carboxylic acids is 1. The summed E-state index contributed by atoms with van der Waals surface area (Å²) in [5.74, 6) is -0.241. The molecule has 0 aliphatic carbocycles. The molecule has 1 aliphatic rings. The number of ether oxygens (including phenoxy) is 2. The number of hydrogen-bond acceptors (Lipinski definition) is 4. The molecule has 5 heteroatoms. The summed E-state index contributed by atoms with van der Waals surface area (Å²) in [6.07, 6.45) is 1.64. The highest BCUT2D eigenvalue weighted by Gasteiger charge is 2.25. The Morgan fingerprint density at radius 2 is 2.00 bits per heavy atom. The van der Waals surface area contributed by atoms with Crippen molar-refractivity contribution < 1.29 is 18.5 Å². The first-order valence-corrected chi connectivity index (χ1v) is 8.70. The largest absolute Gasteiger partial charge is 0.461 e. The Labute approximate surface area is 128 Å². The van der Waals surface area contributed by atoms with Gasteiger partial charge in [0.1, 0.15) is 6.61 Å². The molecular formula is C16H22O4S. The van der Waals surface area contributed by atoms with Crippen molar-refractivity contribution >= 4 is 16.8 Å². The predicted molar refractivity (Wildman–Crippen MR) is 82.3 cm³/mol. The van der Waals surface area contributed by atoms with Gasteiger partial charge >= 0.3 is 5.97 Å². The maximum Gasteiger partial charge on any atom is 0.309 e. The molecule has 1 aliphatic heterocycles. The van der Waals surface area contributed by atoms with Crippen molar-refractivity contribution in [1.29, 1.82) is 0 Å². The van der Waals surface area contributed by atoms with Crippen LogP contribution in [0.25, 0.3) is 0 Å². The second-order valence-electron chi connectivity index (χ2n) is 5.35. The minimum atomic E-state index is -0.986. The molecule has 2 unspecified atom stereocenters. The smallest absolute Gasteiger partial charge is 0.309 e. The first kappa shape index (κ1) is 16.2. The molecule has 0 amide bonds. The highest BCUT2D eigenvalue weighted by molar-refractivity contribution is 7.85. The summed E-state index contributed by atoms with van der Waals surface area (Å²) in [5, 5.41) is 0.156. The molecule has 0 N–H and O–H groups in total. The van der Waals surface area contributed by atoms with Gasteiger partial charge in [-0.2, -0.15) is 0 Å². The molecule has 0 spiro atoms. The molecule has 2 rings (SSSR count). The average molecular weight is 310 g/mol. The average Bonchev–Trinajstić information content (AvgIpc) is 2.54. The van der Waals surface area contributed by atoms with E-state index in [1.807, 2.05) is 30.3 Å². The topological polar surface area (TPSA) is 52.6 Å². The summed E-state index contributed by atoms with van der Waals surface area (Å²) >= 11 is 0. The molecule has 1 fully saturated rings. The summed E-state index contributed by atoms with van der Waals surface area (Å²) in [6, 6.07) is 9.57. The molecule has 1 aromatic rings. The van der Waals surface area contributed by atoms with Crippen LogP contribution in [0.3, 0.4) is 0 Å². The molecule has 1 aromatic carbocycles. The summed E-state index contributed by atoms with van der Waals surface area (Å²) in [7, 11) is -0.986. The van der Waals surface area contributed by atoms with E-state index in [2.05, 4.69) is 0 Å². The monoisotopic (exact) mass is 310 g/mol. The summed E-state index contributed by atoms with van der Waals surface area (Å²) < 4.78 is 22.8. The third-order valence-corrected chi connectivity index (χ3v) is 5.62. The van der Waals surface area contributed by atoms with E-state index in [0.717, 1.165) is 18.4 Å². The van der Waals surface area contributed by atoms with Crippen molar-refractivity contribution in [3.05, 3.63) is 35.9 Å². The first-order chi connectivity index (χ1) is 10.2. The van der Waals surface area contributed by atoms with E-state index in [4.69, 9.17) is 9.47 Å². The lowest BCUT2D eigenvalue weighted by atomic mass is 10.2. The van der Waals surface area contributed by atoms with Crippen molar-refractivity contribution in [2.24, 2.45) is 5.92 Å². The Hall–Kier alpha value is -1.20. The van der Waals surface area contributed by atoms with Crippen molar-refractivity contribution in [2.45, 2.75) is 31.6 Å². The van der Waals surface area contributed by atoms with Crippen LogP contribution in [0.2, 0.25) is 0 Å². The van der Waals surface area contributed by atoms with E-state index in [-0.39, 0.29) is 23.7 Å². The third-order valence-electron chi connectivity index (χ3n) is 3.58. The van der Waals surface area contributed by atoms with Crippen molar-refractivity contribution in [3.63, 3.8) is 0 Å². The fourth-order valence-corrected chi connectivity index (χ4v) is 3.88. The van der Waals surface area contributed by atoms with E-state index < -0.39 is 10.8 Å². The lowest BCUT2D eigenvalue weighted by Gasteiger charge is -2.22. The van der Waals surface area contributed by atoms with E-state index >= 15 is 0 Å². The molecule has 4 nitrogen and oxygen atoms in total. The lowest BCUT2D eigenvalue weighted by Crippen LogP contribution is -2.30. The maximum atomic E-state index is 12.2. The van der Waals surface area contributed by atoms with Crippen molar-refractivity contribution in [2.75, 3.05) is 19.0 Å². The molecule has 1 heterocycles. The van der Waals surface area contributed by atoms with Gasteiger partial charge in [-0.1, -0.05) is 37.3 Å². The van der Waals surface area contributed by atoms with Crippen LogP contribution in [0.5, 0.6) is 0 Å². The predicted octanol–water partition coefficient (Wildman–Crippen LogP) is 2.29. The zero-order valence-electron chi connectivity index (χ0n) is 12.3. The molecule has 0 aromatic heterocycles. The SMILES string of the molecule is CC(CS(=O)C1CCOCC1)C(=O)OCc1ccccc1. The van der Waals surface area contributed by atoms with Gasteiger partial charge in [-0.05, 0) is 18.4 Å². The molecule has 21 heavy (non-hydrogen) atoms. The number of hydrogen-bond donors (Lipinski definition) is 0. The minimum Gasteiger partial charge on any atom is -0.461 e. The van der Waals surface area contributed by atoms with Gasteiger partial charge < -0.3 is 9.47 Å². The van der Waals surface area contributed by atoms with Crippen LogP contribution < -0.4 is 0 Å². The zero-order valence-corrected chi connectivity index (χ0v) is 13.1. The number of rotatable bonds is 6. The minimum absolute atomic E-state index is 0.156. The lowest BCUT2D eigenvalue weighted by molar-refractivity contribution is -0.148. The van der Waals surface area contributed by atoms with Crippen molar-refractivity contribution in [3.8, 4) is 0 Å². The van der Waals surface area contributed by atoms with Gasteiger partial charge in [-0.3, -0.25) is 9.00 Å². The van der Waals surface area contributed by atoms with Crippen LogP contribution in [-0.4, -0.2) is 34.4 Å². The quantitative estimate of drug-likeness (QED) is 0.757.